The number of ether oxygens (including phenoxy) is 1. The van der Waals surface area contributed by atoms with Crippen LogP contribution in [0.3, 0.4) is 0 Å². The lowest BCUT2D eigenvalue weighted by molar-refractivity contribution is -0.141. The first-order valence-corrected chi connectivity index (χ1v) is 19.1. The predicted octanol–water partition coefficient (Wildman–Crippen LogP) is 7.68. The van der Waals surface area contributed by atoms with Gasteiger partial charge >= 0.3 is 12.4 Å². The fourth-order valence-corrected chi connectivity index (χ4v) is 6.90. The van der Waals surface area contributed by atoms with Gasteiger partial charge in [0.2, 0.25) is 9.84 Å². The van der Waals surface area contributed by atoms with Gasteiger partial charge in [-0.15, -0.1) is 0 Å². The molecule has 2 aromatic carbocycles. The van der Waals surface area contributed by atoms with Gasteiger partial charge in [0.15, 0.2) is 11.5 Å². The number of alkyl halides is 6. The first kappa shape index (κ1) is 33.3. The second kappa shape index (κ2) is 12.0. The highest BCUT2D eigenvalue weighted by Gasteiger charge is 2.36. The van der Waals surface area contributed by atoms with Crippen LogP contribution in [0.15, 0.2) is 76.9 Å². The third-order valence-electron chi connectivity index (χ3n) is 7.16. The Balaban J connectivity index is 1.58. The molecule has 0 unspecified atom stereocenters. The number of nitrogens with zero attached hydrogens (tertiary/aromatic N) is 5. The monoisotopic (exact) mass is 681 g/mol. The molecule has 0 amide bonds. The van der Waals surface area contributed by atoms with E-state index in [2.05, 4.69) is 34.6 Å². The second-order valence-electron chi connectivity index (χ2n) is 11.9. The van der Waals surface area contributed by atoms with Crippen molar-refractivity contribution in [3.05, 3.63) is 78.4 Å². The van der Waals surface area contributed by atoms with Crippen molar-refractivity contribution >= 4 is 28.9 Å². The van der Waals surface area contributed by atoms with Crippen LogP contribution in [-0.4, -0.2) is 47.2 Å². The molecular weight excluding hydrogens is 653 g/mol. The fourth-order valence-electron chi connectivity index (χ4n) is 4.72. The topological polar surface area (TPSA) is 91.9 Å². The van der Waals surface area contributed by atoms with Gasteiger partial charge in [0, 0.05) is 45.2 Å². The number of hydrogen-bond donors (Lipinski definition) is 0. The molecule has 0 saturated heterocycles. The molecule has 46 heavy (non-hydrogen) atoms. The third-order valence-corrected chi connectivity index (χ3v) is 10.6. The molecule has 0 aliphatic heterocycles. The molecule has 3 aromatic heterocycles. The smallest absolute Gasteiger partial charge is 0.361 e. The normalized spacial score (nSPS) is 13.1. The summed E-state index contributed by atoms with van der Waals surface area (Å²) in [5, 5.41) is 0. The summed E-state index contributed by atoms with van der Waals surface area (Å²) in [6, 6.07) is 10.7. The fraction of sp³-hybridized carbons (Fsp3) is 0.300. The van der Waals surface area contributed by atoms with Crippen LogP contribution in [0.25, 0.3) is 33.8 Å². The number of aryl methyl sites for hydroxylation is 1. The summed E-state index contributed by atoms with van der Waals surface area (Å²) < 4.78 is 117. The largest absolute Gasteiger partial charge is 0.434 e. The van der Waals surface area contributed by atoms with Crippen molar-refractivity contribution in [3.8, 4) is 22.8 Å². The molecule has 0 bridgehead atoms. The Labute approximate surface area is 261 Å². The molecule has 3 heterocycles. The first-order valence-electron chi connectivity index (χ1n) is 13.9. The number of benzene rings is 2. The van der Waals surface area contributed by atoms with Crippen LogP contribution in [0.4, 0.5) is 26.3 Å². The zero-order valence-electron chi connectivity index (χ0n) is 25.1. The summed E-state index contributed by atoms with van der Waals surface area (Å²) >= 11 is 0. The predicted molar refractivity (Wildman–Crippen MR) is 161 cm³/mol. The minimum atomic E-state index is -4.71. The molecule has 5 rings (SSSR count). The number of hydrogen-bond acceptors (Lipinski definition) is 6. The molecule has 0 aliphatic rings. The number of rotatable bonds is 9. The lowest BCUT2D eigenvalue weighted by Gasteiger charge is -2.15. The highest BCUT2D eigenvalue weighted by molar-refractivity contribution is 7.91. The molecule has 244 valence electrons. The maximum Gasteiger partial charge on any atom is 0.434 e. The van der Waals surface area contributed by atoms with Crippen molar-refractivity contribution in [1.29, 1.82) is 0 Å². The van der Waals surface area contributed by atoms with E-state index in [0.717, 1.165) is 18.3 Å². The van der Waals surface area contributed by atoms with Gasteiger partial charge in [0.1, 0.15) is 23.0 Å². The molecule has 0 radical (unpaired) electrons. The summed E-state index contributed by atoms with van der Waals surface area (Å²) in [5.74, 6) is -0.344. The van der Waals surface area contributed by atoms with Crippen molar-refractivity contribution < 1.29 is 39.5 Å². The molecule has 0 saturated carbocycles. The molecule has 0 aliphatic carbocycles. The van der Waals surface area contributed by atoms with E-state index in [1.165, 1.54) is 71.0 Å². The van der Waals surface area contributed by atoms with Crippen LogP contribution in [-0.2, 0) is 40.7 Å². The molecule has 0 atom stereocenters. The van der Waals surface area contributed by atoms with Crippen molar-refractivity contribution in [2.24, 2.45) is 7.05 Å². The van der Waals surface area contributed by atoms with Gasteiger partial charge in [-0.25, -0.2) is 23.4 Å². The minimum Gasteiger partial charge on any atom is -0.361 e. The Morgan fingerprint density at radius 3 is 2.17 bits per heavy atom. The SMILES string of the molecule is Cn1cc(C(F)(F)F)nc1-c1ccc(S(=O)(=O)c2cn(COCC[Si](C)(C)C)c3cnc(-c4ccccc4C(F)(F)F)nc23)cc1. The van der Waals surface area contributed by atoms with E-state index in [9.17, 15) is 34.8 Å². The lowest BCUT2D eigenvalue weighted by Crippen LogP contribution is -2.22. The third kappa shape index (κ3) is 6.88. The number of imidazole rings is 1. The summed E-state index contributed by atoms with van der Waals surface area (Å²) in [5.41, 5.74) is -2.04. The van der Waals surface area contributed by atoms with E-state index in [-0.39, 0.29) is 50.3 Å². The standard InChI is InChI=1S/C30H29F6N5O3SSi/c1-40-17-25(30(34,35)36)38-28(40)19-9-11-20(12-10-19)45(42,43)24-16-41(18-44-13-14-46(2,3)4)23-15-37-27(39-26(23)24)21-7-5-6-8-22(21)29(31,32)33/h5-12,15-17H,13-14,18H2,1-4H3. The van der Waals surface area contributed by atoms with Crippen LogP contribution in [0.2, 0.25) is 25.7 Å². The van der Waals surface area contributed by atoms with Crippen molar-refractivity contribution in [3.63, 3.8) is 0 Å². The molecule has 0 N–H and O–H groups in total. The van der Waals surface area contributed by atoms with Gasteiger partial charge in [0.25, 0.3) is 0 Å². The quantitative estimate of drug-likeness (QED) is 0.0901. The number of aromatic nitrogens is 5. The van der Waals surface area contributed by atoms with Gasteiger partial charge < -0.3 is 13.9 Å². The summed E-state index contributed by atoms with van der Waals surface area (Å²) in [4.78, 5) is 11.6. The van der Waals surface area contributed by atoms with Gasteiger partial charge in [-0.3, -0.25) is 0 Å². The van der Waals surface area contributed by atoms with Gasteiger partial charge in [-0.2, -0.15) is 26.3 Å². The highest BCUT2D eigenvalue weighted by Crippen LogP contribution is 2.37. The number of halogens is 6. The Morgan fingerprint density at radius 1 is 0.891 bits per heavy atom. The van der Waals surface area contributed by atoms with Gasteiger partial charge in [0.05, 0.1) is 22.2 Å². The van der Waals surface area contributed by atoms with Crippen molar-refractivity contribution in [2.75, 3.05) is 6.61 Å². The molecule has 0 spiro atoms. The zero-order valence-corrected chi connectivity index (χ0v) is 26.9. The first-order chi connectivity index (χ1) is 21.4. The summed E-state index contributed by atoms with van der Waals surface area (Å²) in [6.07, 6.45) is -5.99. The van der Waals surface area contributed by atoms with Crippen LogP contribution < -0.4 is 0 Å². The molecule has 5 aromatic rings. The van der Waals surface area contributed by atoms with Gasteiger partial charge in [-0.05, 0) is 36.4 Å². The van der Waals surface area contributed by atoms with Crippen LogP contribution >= 0.6 is 0 Å². The van der Waals surface area contributed by atoms with E-state index in [4.69, 9.17) is 4.74 Å². The van der Waals surface area contributed by atoms with E-state index < -0.39 is 41.5 Å². The Kier molecular flexibility index (Phi) is 8.67. The number of sulfone groups is 1. The van der Waals surface area contributed by atoms with E-state index in [0.29, 0.717) is 6.61 Å². The minimum absolute atomic E-state index is 0.0240. The van der Waals surface area contributed by atoms with E-state index >= 15 is 0 Å². The van der Waals surface area contributed by atoms with E-state index in [1.54, 1.807) is 0 Å². The second-order valence-corrected chi connectivity index (χ2v) is 19.4. The molecular formula is C30H29F6N5O3SSi. The Bertz CT molecular complexity index is 2000. The van der Waals surface area contributed by atoms with Crippen LogP contribution in [0.1, 0.15) is 11.3 Å². The maximum atomic E-state index is 14.0. The lowest BCUT2D eigenvalue weighted by atomic mass is 10.1. The van der Waals surface area contributed by atoms with E-state index in [1.807, 2.05) is 0 Å². The summed E-state index contributed by atoms with van der Waals surface area (Å²) in [7, 11) is -4.40. The Morgan fingerprint density at radius 2 is 1.57 bits per heavy atom. The highest BCUT2D eigenvalue weighted by atomic mass is 32.2. The zero-order chi connectivity index (χ0) is 33.7. The molecule has 8 nitrogen and oxygen atoms in total. The maximum absolute atomic E-state index is 14.0. The Hall–Kier alpha value is -4.02. The molecule has 16 heteroatoms. The average molecular weight is 682 g/mol. The van der Waals surface area contributed by atoms with Crippen molar-refractivity contribution in [1.82, 2.24) is 24.1 Å². The van der Waals surface area contributed by atoms with Crippen LogP contribution in [0, 0.1) is 0 Å². The number of fused-ring (bicyclic) bond motifs is 1. The summed E-state index contributed by atoms with van der Waals surface area (Å²) in [6.45, 7) is 6.88. The molecule has 0 fully saturated rings. The van der Waals surface area contributed by atoms with Crippen molar-refractivity contribution in [2.45, 2.75) is 54.6 Å². The van der Waals surface area contributed by atoms with Crippen LogP contribution in [0.5, 0.6) is 0 Å². The average Bonchev–Trinajstić information content (AvgIpc) is 3.55. The van der Waals surface area contributed by atoms with Gasteiger partial charge in [-0.1, -0.05) is 37.8 Å².